The highest BCUT2D eigenvalue weighted by atomic mass is 16.6. The molecule has 0 aromatic rings. The van der Waals surface area contributed by atoms with Crippen LogP contribution in [0.3, 0.4) is 0 Å². The minimum absolute atomic E-state index is 0.146. The number of hydrogen-bond acceptors (Lipinski definition) is 15. The van der Waals surface area contributed by atoms with Gasteiger partial charge in [-0.3, -0.25) is 0 Å². The second kappa shape index (κ2) is 57.5. The number of rotatable bonds is 71. The lowest BCUT2D eigenvalue weighted by Crippen LogP contribution is -2.43. The molecule has 15 nitrogen and oxygen atoms in total. The van der Waals surface area contributed by atoms with Crippen LogP contribution >= 0.6 is 0 Å². The molecule has 0 radical (unpaired) electrons. The first-order chi connectivity index (χ1) is 45.5. The molecule has 0 aromatic heterocycles. The van der Waals surface area contributed by atoms with Crippen molar-refractivity contribution in [3.63, 3.8) is 0 Å². The standard InChI is InChI=1S/C81H158O15/c1-16-19-22-43-52-69(82)55-46-37-31-25-28-34-40-49-61-88-73(85)79(10,11)91-64-58-76(4,5)94-67-72(96-78(8,9)60-66-93-81(14,15)75(87)90-63-51-42-36-30-27-33-39-48-57-71(84)54-45-24-21-18-3)68-95-77(6,7)59-65-92-80(12,13)74(86)89-62-50-41-35-29-26-32-38-47-56-70(83)53-44-23-20-17-2/h69-72,82-84H,16-68H2,1-15H3. The van der Waals surface area contributed by atoms with Gasteiger partial charge in [0.2, 0.25) is 0 Å². The van der Waals surface area contributed by atoms with E-state index in [9.17, 15) is 29.7 Å². The molecule has 3 atom stereocenters. The summed E-state index contributed by atoms with van der Waals surface area (Å²) in [7, 11) is 0. The van der Waals surface area contributed by atoms with Crippen LogP contribution in [0.25, 0.3) is 0 Å². The van der Waals surface area contributed by atoms with E-state index in [0.29, 0.717) is 39.1 Å². The van der Waals surface area contributed by atoms with E-state index in [1.807, 2.05) is 41.5 Å². The van der Waals surface area contributed by atoms with Crippen molar-refractivity contribution in [1.82, 2.24) is 0 Å². The van der Waals surface area contributed by atoms with Crippen molar-refractivity contribution in [2.24, 2.45) is 0 Å². The van der Waals surface area contributed by atoms with Gasteiger partial charge in [0.1, 0.15) is 6.10 Å². The fourth-order valence-corrected chi connectivity index (χ4v) is 11.7. The summed E-state index contributed by atoms with van der Waals surface area (Å²) in [6.07, 6.45) is 46.9. The molecule has 3 unspecified atom stereocenters. The van der Waals surface area contributed by atoms with Crippen molar-refractivity contribution in [2.45, 2.75) is 451 Å². The Morgan fingerprint density at radius 1 is 0.271 bits per heavy atom. The largest absolute Gasteiger partial charge is 0.464 e. The second-order valence-corrected chi connectivity index (χ2v) is 31.7. The van der Waals surface area contributed by atoms with Gasteiger partial charge >= 0.3 is 17.9 Å². The molecule has 0 amide bonds. The maximum absolute atomic E-state index is 13.3. The first-order valence-corrected chi connectivity index (χ1v) is 40.0. The number of aliphatic hydroxyl groups excluding tert-OH is 3. The van der Waals surface area contributed by atoms with Crippen LogP contribution in [0, 0.1) is 0 Å². The Kier molecular flexibility index (Phi) is 56.4. The molecule has 0 aromatic carbocycles. The van der Waals surface area contributed by atoms with E-state index in [0.717, 1.165) is 135 Å². The van der Waals surface area contributed by atoms with Crippen molar-refractivity contribution >= 4 is 17.9 Å². The van der Waals surface area contributed by atoms with Gasteiger partial charge < -0.3 is 58.0 Å². The summed E-state index contributed by atoms with van der Waals surface area (Å²) in [5, 5.41) is 30.7. The quantitative estimate of drug-likeness (QED) is 0.0295. The van der Waals surface area contributed by atoms with Crippen LogP contribution in [0.5, 0.6) is 0 Å². The van der Waals surface area contributed by atoms with Gasteiger partial charge in [-0.2, -0.15) is 0 Å². The number of unbranched alkanes of at least 4 members (excludes halogenated alkanes) is 30. The normalized spacial score (nSPS) is 14.1. The minimum atomic E-state index is -1.14. The van der Waals surface area contributed by atoms with Crippen LogP contribution in [-0.4, -0.2) is 144 Å². The molecular formula is C81H158O15. The molecule has 0 spiro atoms. The second-order valence-electron chi connectivity index (χ2n) is 31.7. The average Bonchev–Trinajstić information content (AvgIpc) is 1.06. The van der Waals surface area contributed by atoms with Crippen molar-refractivity contribution in [1.29, 1.82) is 0 Å². The number of ether oxygens (including phenoxy) is 9. The number of carbonyl (C=O) groups excluding carboxylic acids is 3. The van der Waals surface area contributed by atoms with E-state index >= 15 is 0 Å². The monoisotopic (exact) mass is 1370 g/mol. The van der Waals surface area contributed by atoms with Gasteiger partial charge in [0.05, 0.1) is 88.0 Å². The lowest BCUT2D eigenvalue weighted by atomic mass is 10.0. The topological polar surface area (TPSA) is 195 Å². The minimum Gasteiger partial charge on any atom is -0.464 e. The Labute approximate surface area is 591 Å². The van der Waals surface area contributed by atoms with Crippen LogP contribution in [0.2, 0.25) is 0 Å². The SMILES string of the molecule is CCCCCCC(O)CCCCCCCCCCOC(=O)C(C)(C)OCCC(C)(C)OCC(COC(C)(C)CCOC(C)(C)C(=O)OCCCCCCCCCCC(O)CCCCCC)OC(C)(C)CCOC(C)(C)C(=O)OCCCCCCCCCCC(O)CCCCCC. The molecule has 0 bridgehead atoms. The van der Waals surface area contributed by atoms with Crippen LogP contribution < -0.4 is 0 Å². The maximum atomic E-state index is 13.3. The highest BCUT2D eigenvalue weighted by Gasteiger charge is 2.36. The zero-order chi connectivity index (χ0) is 71.9. The van der Waals surface area contributed by atoms with E-state index in [1.54, 1.807) is 41.5 Å². The number of carbonyl (C=O) groups is 3. The molecule has 0 aliphatic heterocycles. The lowest BCUT2D eigenvalue weighted by molar-refractivity contribution is -0.186. The van der Waals surface area contributed by atoms with E-state index in [-0.39, 0.29) is 69.3 Å². The van der Waals surface area contributed by atoms with E-state index in [2.05, 4.69) is 20.8 Å². The molecule has 96 heavy (non-hydrogen) atoms. The van der Waals surface area contributed by atoms with E-state index in [4.69, 9.17) is 42.6 Å². The summed E-state index contributed by atoms with van der Waals surface area (Å²) in [5.74, 6) is -1.14. The molecular weight excluding hydrogens is 1210 g/mol. The van der Waals surface area contributed by atoms with Crippen LogP contribution in [0.15, 0.2) is 0 Å². The first-order valence-electron chi connectivity index (χ1n) is 40.0. The molecule has 3 N–H and O–H groups in total. The molecule has 0 saturated heterocycles. The summed E-state index contributed by atoms with van der Waals surface area (Å²) in [5.41, 5.74) is -5.41. The number of aliphatic hydroxyl groups is 3. The fraction of sp³-hybridized carbons (Fsp3) is 0.963. The van der Waals surface area contributed by atoms with Crippen LogP contribution in [0.4, 0.5) is 0 Å². The molecule has 572 valence electrons. The molecule has 0 aliphatic carbocycles. The summed E-state index contributed by atoms with van der Waals surface area (Å²) < 4.78 is 55.7. The zero-order valence-electron chi connectivity index (χ0n) is 65.5. The highest BCUT2D eigenvalue weighted by Crippen LogP contribution is 2.27. The summed E-state index contributed by atoms with van der Waals surface area (Å²) in [4.78, 5) is 39.6. The van der Waals surface area contributed by atoms with Gasteiger partial charge in [0, 0.05) is 0 Å². The third kappa shape index (κ3) is 55.7. The van der Waals surface area contributed by atoms with Crippen molar-refractivity contribution in [3.8, 4) is 0 Å². The average molecular weight is 1370 g/mol. The Hall–Kier alpha value is -1.95. The van der Waals surface area contributed by atoms with Gasteiger partial charge in [0.25, 0.3) is 0 Å². The Balaban J connectivity index is 5.26. The summed E-state index contributed by atoms with van der Waals surface area (Å²) in [6.45, 7) is 31.4. The Bertz CT molecular complexity index is 1730. The molecule has 0 aliphatic rings. The smallest absolute Gasteiger partial charge is 0.337 e. The van der Waals surface area contributed by atoms with Crippen molar-refractivity contribution in [2.75, 3.05) is 52.9 Å². The van der Waals surface area contributed by atoms with Gasteiger partial charge in [-0.1, -0.05) is 233 Å². The molecule has 0 fully saturated rings. The fourth-order valence-electron chi connectivity index (χ4n) is 11.7. The van der Waals surface area contributed by atoms with E-state index < -0.39 is 39.7 Å². The Morgan fingerprint density at radius 2 is 0.479 bits per heavy atom. The third-order valence-electron chi connectivity index (χ3n) is 18.9. The number of hydrogen-bond donors (Lipinski definition) is 3. The van der Waals surface area contributed by atoms with Crippen LogP contribution in [-0.2, 0) is 57.0 Å². The van der Waals surface area contributed by atoms with Gasteiger partial charge in [-0.05, 0) is 160 Å². The van der Waals surface area contributed by atoms with Gasteiger partial charge in [-0.25, -0.2) is 14.4 Å². The third-order valence-corrected chi connectivity index (χ3v) is 18.9. The Morgan fingerprint density at radius 3 is 0.719 bits per heavy atom. The predicted octanol–water partition coefficient (Wildman–Crippen LogP) is 20.5. The predicted molar refractivity (Wildman–Crippen MR) is 395 cm³/mol. The molecule has 0 rings (SSSR count). The number of esters is 3. The molecule has 15 heteroatoms. The summed E-state index contributed by atoms with van der Waals surface area (Å²) >= 11 is 0. The molecule has 0 saturated carbocycles. The van der Waals surface area contributed by atoms with Crippen molar-refractivity contribution in [3.05, 3.63) is 0 Å². The molecule has 0 heterocycles. The van der Waals surface area contributed by atoms with E-state index in [1.165, 1.54) is 135 Å². The van der Waals surface area contributed by atoms with Crippen molar-refractivity contribution < 1.29 is 72.3 Å². The van der Waals surface area contributed by atoms with Gasteiger partial charge in [0.15, 0.2) is 16.8 Å². The summed E-state index contributed by atoms with van der Waals surface area (Å²) in [6, 6.07) is 0. The van der Waals surface area contributed by atoms with Gasteiger partial charge in [-0.15, -0.1) is 0 Å². The maximum Gasteiger partial charge on any atom is 0.337 e. The first kappa shape index (κ1) is 94.0. The van der Waals surface area contributed by atoms with Crippen LogP contribution in [0.1, 0.15) is 393 Å². The zero-order valence-corrected chi connectivity index (χ0v) is 65.5. The highest BCUT2D eigenvalue weighted by molar-refractivity contribution is 5.79. The lowest BCUT2D eigenvalue weighted by Gasteiger charge is -2.36.